The number of hydrogen-bond acceptors (Lipinski definition) is 6. The molecule has 0 bridgehead atoms. The van der Waals surface area contributed by atoms with Gasteiger partial charge in [0, 0.05) is 19.3 Å². The minimum Gasteiger partial charge on any atom is -0.389 e. The van der Waals surface area contributed by atoms with Crippen LogP contribution in [0.15, 0.2) is 28.0 Å². The molecule has 1 aromatic rings. The molecule has 2 unspecified atom stereocenters. The number of aliphatic hydroxyl groups is 2. The SMILES string of the molecule is CS(=O)(=O)c1ccc(Cl)c(S(=O)(=O)N2CC(O)C(O)C2)c1. The largest absolute Gasteiger partial charge is 0.389 e. The lowest BCUT2D eigenvalue weighted by Gasteiger charge is -2.17. The van der Waals surface area contributed by atoms with Crippen molar-refractivity contribution < 1.29 is 27.0 Å². The van der Waals surface area contributed by atoms with Crippen molar-refractivity contribution in [2.75, 3.05) is 19.3 Å². The lowest BCUT2D eigenvalue weighted by atomic mass is 10.3. The maximum Gasteiger partial charge on any atom is 0.244 e. The van der Waals surface area contributed by atoms with Crippen molar-refractivity contribution >= 4 is 31.5 Å². The van der Waals surface area contributed by atoms with Gasteiger partial charge in [0.15, 0.2) is 9.84 Å². The monoisotopic (exact) mass is 355 g/mol. The zero-order chi connectivity index (χ0) is 16.0. The number of rotatable bonds is 3. The molecule has 0 spiro atoms. The van der Waals surface area contributed by atoms with Crippen LogP contribution in [0.3, 0.4) is 0 Å². The van der Waals surface area contributed by atoms with Crippen molar-refractivity contribution in [3.8, 4) is 0 Å². The summed E-state index contributed by atoms with van der Waals surface area (Å²) in [6.07, 6.45) is -1.41. The highest BCUT2D eigenvalue weighted by Crippen LogP contribution is 2.29. The molecule has 118 valence electrons. The third-order valence-electron chi connectivity index (χ3n) is 3.17. The molecule has 0 radical (unpaired) electrons. The standard InChI is InChI=1S/C11H14ClNO6S2/c1-20(16,17)7-2-3-8(12)11(4-7)21(18,19)13-5-9(14)10(15)6-13/h2-4,9-10,14-15H,5-6H2,1H3. The van der Waals surface area contributed by atoms with E-state index in [0.29, 0.717) is 0 Å². The topological polar surface area (TPSA) is 112 Å². The summed E-state index contributed by atoms with van der Waals surface area (Å²) in [5.41, 5.74) is 0. The first-order valence-corrected chi connectivity index (χ1v) is 9.60. The van der Waals surface area contributed by atoms with E-state index in [4.69, 9.17) is 11.6 Å². The quantitative estimate of drug-likeness (QED) is 0.753. The summed E-state index contributed by atoms with van der Waals surface area (Å²) < 4.78 is 48.8. The number of β-amino-alcohol motifs (C(OH)–C–C–N with tert-alkyl or cyclic N) is 2. The third kappa shape index (κ3) is 3.22. The average Bonchev–Trinajstić information content (AvgIpc) is 2.69. The number of nitrogens with zero attached hydrogens (tertiary/aromatic N) is 1. The highest BCUT2D eigenvalue weighted by Gasteiger charge is 2.38. The maximum absolute atomic E-state index is 12.5. The molecule has 1 fully saturated rings. The Labute approximate surface area is 127 Å². The van der Waals surface area contributed by atoms with Gasteiger partial charge in [-0.05, 0) is 18.2 Å². The number of hydrogen-bond donors (Lipinski definition) is 2. The molecule has 1 heterocycles. The number of benzene rings is 1. The first-order chi connectivity index (χ1) is 9.53. The summed E-state index contributed by atoms with van der Waals surface area (Å²) in [7, 11) is -7.69. The first-order valence-electron chi connectivity index (χ1n) is 5.89. The molecule has 2 rings (SSSR count). The zero-order valence-corrected chi connectivity index (χ0v) is 13.4. The first kappa shape index (κ1) is 16.7. The molecule has 1 aromatic carbocycles. The second-order valence-electron chi connectivity index (χ2n) is 4.82. The van der Waals surface area contributed by atoms with Crippen LogP contribution in [-0.2, 0) is 19.9 Å². The molecular formula is C11H14ClNO6S2. The molecule has 21 heavy (non-hydrogen) atoms. The number of sulfonamides is 1. The van der Waals surface area contributed by atoms with E-state index in [-0.39, 0.29) is 27.9 Å². The molecule has 7 nitrogen and oxygen atoms in total. The van der Waals surface area contributed by atoms with Crippen LogP contribution < -0.4 is 0 Å². The van der Waals surface area contributed by atoms with E-state index in [1.807, 2.05) is 0 Å². The molecule has 0 amide bonds. The molecule has 2 N–H and O–H groups in total. The van der Waals surface area contributed by atoms with Gasteiger partial charge in [-0.1, -0.05) is 11.6 Å². The Hall–Kier alpha value is -0.710. The summed E-state index contributed by atoms with van der Waals surface area (Å²) >= 11 is 5.86. The Kier molecular flexibility index (Phi) is 4.35. The lowest BCUT2D eigenvalue weighted by molar-refractivity contribution is 0.0572. The molecule has 0 saturated carbocycles. The van der Waals surface area contributed by atoms with Gasteiger partial charge in [0.1, 0.15) is 4.90 Å². The van der Waals surface area contributed by atoms with Gasteiger partial charge in [-0.3, -0.25) is 0 Å². The second kappa shape index (κ2) is 5.49. The highest BCUT2D eigenvalue weighted by atomic mass is 35.5. The van der Waals surface area contributed by atoms with Gasteiger partial charge < -0.3 is 10.2 Å². The Morgan fingerprint density at radius 2 is 1.67 bits per heavy atom. The van der Waals surface area contributed by atoms with Gasteiger partial charge in [-0.2, -0.15) is 4.31 Å². The van der Waals surface area contributed by atoms with Crippen molar-refractivity contribution in [1.82, 2.24) is 4.31 Å². The second-order valence-corrected chi connectivity index (χ2v) is 9.15. The molecule has 10 heteroatoms. The van der Waals surface area contributed by atoms with Crippen LogP contribution in [-0.4, -0.2) is 62.9 Å². The van der Waals surface area contributed by atoms with E-state index in [9.17, 15) is 27.0 Å². The Morgan fingerprint density at radius 3 is 2.14 bits per heavy atom. The van der Waals surface area contributed by atoms with Gasteiger partial charge >= 0.3 is 0 Å². The summed E-state index contributed by atoms with van der Waals surface area (Å²) in [6, 6.07) is 3.38. The van der Waals surface area contributed by atoms with E-state index < -0.39 is 32.1 Å². The summed E-state index contributed by atoms with van der Waals surface area (Å²) in [5, 5.41) is 18.8. The van der Waals surface area contributed by atoms with E-state index in [2.05, 4.69) is 0 Å². The fourth-order valence-electron chi connectivity index (χ4n) is 1.98. The van der Waals surface area contributed by atoms with Gasteiger partial charge in [0.25, 0.3) is 0 Å². The van der Waals surface area contributed by atoms with Crippen LogP contribution in [0.1, 0.15) is 0 Å². The van der Waals surface area contributed by atoms with E-state index in [0.717, 1.165) is 16.6 Å². The molecular weight excluding hydrogens is 342 g/mol. The lowest BCUT2D eigenvalue weighted by Crippen LogP contribution is -2.30. The predicted octanol–water partition coefficient (Wildman–Crippen LogP) is -0.530. The Morgan fingerprint density at radius 1 is 1.14 bits per heavy atom. The third-order valence-corrected chi connectivity index (χ3v) is 6.60. The van der Waals surface area contributed by atoms with E-state index in [1.165, 1.54) is 12.1 Å². The van der Waals surface area contributed by atoms with Gasteiger partial charge in [0.2, 0.25) is 10.0 Å². The van der Waals surface area contributed by atoms with Crippen molar-refractivity contribution in [3.63, 3.8) is 0 Å². The normalized spacial score (nSPS) is 24.4. The summed E-state index contributed by atoms with van der Waals surface area (Å²) in [6.45, 7) is -0.550. The van der Waals surface area contributed by atoms with Crippen LogP contribution in [0.4, 0.5) is 0 Å². The molecule has 0 aromatic heterocycles. The minimum atomic E-state index is -4.10. The van der Waals surface area contributed by atoms with Gasteiger partial charge in [0.05, 0.1) is 22.1 Å². The maximum atomic E-state index is 12.5. The minimum absolute atomic E-state index is 0.127. The molecule has 1 aliphatic heterocycles. The summed E-state index contributed by atoms with van der Waals surface area (Å²) in [4.78, 5) is -0.542. The van der Waals surface area contributed by atoms with Crippen LogP contribution >= 0.6 is 11.6 Å². The predicted molar refractivity (Wildman–Crippen MR) is 75.3 cm³/mol. The molecule has 2 atom stereocenters. The zero-order valence-electron chi connectivity index (χ0n) is 11.0. The van der Waals surface area contributed by atoms with Crippen LogP contribution in [0, 0.1) is 0 Å². The van der Waals surface area contributed by atoms with Crippen LogP contribution in [0.5, 0.6) is 0 Å². The fraction of sp³-hybridized carbons (Fsp3) is 0.455. The van der Waals surface area contributed by atoms with Crippen molar-refractivity contribution in [3.05, 3.63) is 23.2 Å². The van der Waals surface area contributed by atoms with Crippen LogP contribution in [0.25, 0.3) is 0 Å². The number of sulfone groups is 1. The van der Waals surface area contributed by atoms with Crippen molar-refractivity contribution in [1.29, 1.82) is 0 Å². The smallest absolute Gasteiger partial charge is 0.244 e. The molecule has 1 saturated heterocycles. The van der Waals surface area contributed by atoms with Crippen molar-refractivity contribution in [2.45, 2.75) is 22.0 Å². The molecule has 0 aliphatic carbocycles. The van der Waals surface area contributed by atoms with Crippen molar-refractivity contribution in [2.24, 2.45) is 0 Å². The average molecular weight is 356 g/mol. The highest BCUT2D eigenvalue weighted by molar-refractivity contribution is 7.91. The van der Waals surface area contributed by atoms with Crippen LogP contribution in [0.2, 0.25) is 5.02 Å². The Balaban J connectivity index is 2.50. The van der Waals surface area contributed by atoms with Gasteiger partial charge in [-0.15, -0.1) is 0 Å². The summed E-state index contributed by atoms with van der Waals surface area (Å²) in [5.74, 6) is 0. The molecule has 1 aliphatic rings. The number of halogens is 1. The number of aliphatic hydroxyl groups excluding tert-OH is 2. The fourth-order valence-corrected chi connectivity index (χ4v) is 4.68. The van der Waals surface area contributed by atoms with E-state index in [1.54, 1.807) is 0 Å². The Bertz CT molecular complexity index is 751. The van der Waals surface area contributed by atoms with Gasteiger partial charge in [-0.25, -0.2) is 16.8 Å². The van der Waals surface area contributed by atoms with E-state index >= 15 is 0 Å².